The van der Waals surface area contributed by atoms with Crippen LogP contribution in [0, 0.1) is 0 Å². The summed E-state index contributed by atoms with van der Waals surface area (Å²) < 4.78 is 1.41. The minimum Gasteiger partial charge on any atom is -0.105 e. The van der Waals surface area contributed by atoms with Gasteiger partial charge in [-0.15, -0.1) is 34.2 Å². The molecule has 0 saturated carbocycles. The zero-order valence-electron chi connectivity index (χ0n) is 3.66. The van der Waals surface area contributed by atoms with Gasteiger partial charge in [-0.3, -0.25) is 0 Å². The summed E-state index contributed by atoms with van der Waals surface area (Å²) in [6.45, 7) is 0. The van der Waals surface area contributed by atoms with Gasteiger partial charge >= 0.3 is 0 Å². The van der Waals surface area contributed by atoms with E-state index in [1.807, 2.05) is 0 Å². The van der Waals surface area contributed by atoms with Crippen LogP contribution in [0.15, 0.2) is 0 Å². The van der Waals surface area contributed by atoms with Gasteiger partial charge in [-0.05, 0) is 3.29 Å². The van der Waals surface area contributed by atoms with Gasteiger partial charge in [-0.2, -0.15) is 0 Å². The fourth-order valence-corrected chi connectivity index (χ4v) is 0. The molecule has 0 nitrogen and oxygen atoms in total. The van der Waals surface area contributed by atoms with Crippen molar-refractivity contribution < 1.29 is 0 Å². The van der Waals surface area contributed by atoms with Crippen LogP contribution in [0.25, 0.3) is 0 Å². The van der Waals surface area contributed by atoms with E-state index in [9.17, 15) is 0 Å². The van der Waals surface area contributed by atoms with Crippen LogP contribution in [-0.2, 0) is 0 Å². The highest BCUT2D eigenvalue weighted by Crippen LogP contribution is 1.85. The smallest absolute Gasteiger partial charge is 0.105 e. The van der Waals surface area contributed by atoms with Gasteiger partial charge in [0, 0.05) is 0 Å². The van der Waals surface area contributed by atoms with E-state index in [0.29, 0.717) is 0 Å². The van der Waals surface area contributed by atoms with Crippen molar-refractivity contribution in [2.75, 3.05) is 3.29 Å². The molecule has 0 spiro atoms. The fourth-order valence-electron chi connectivity index (χ4n) is 0. The summed E-state index contributed by atoms with van der Waals surface area (Å²) in [5, 5.41) is 0. The maximum absolute atomic E-state index is 2.44. The Balaban J connectivity index is 2.54. The van der Waals surface area contributed by atoms with E-state index in [-0.39, 0.29) is 14.1 Å². The molecule has 0 aromatic rings. The molecule has 0 radical (unpaired) electrons. The van der Waals surface area contributed by atoms with Crippen molar-refractivity contribution in [2.24, 2.45) is 0 Å². The topological polar surface area (TPSA) is 0 Å². The van der Waals surface area contributed by atoms with Gasteiger partial charge in [0.05, 0.1) is 0 Å². The lowest BCUT2D eigenvalue weighted by Gasteiger charge is -1.79. The first-order valence-electron chi connectivity index (χ1n) is 1.83. The van der Waals surface area contributed by atoms with Crippen LogP contribution in [-0.4, -0.2) is 17.4 Å². The van der Waals surface area contributed by atoms with E-state index in [1.54, 1.807) is 0 Å². The van der Waals surface area contributed by atoms with Crippen molar-refractivity contribution in [3.63, 3.8) is 0 Å². The van der Waals surface area contributed by atoms with E-state index in [1.165, 1.54) is 3.29 Å². The summed E-state index contributed by atoms with van der Waals surface area (Å²) in [6, 6.07) is 0. The third kappa shape index (κ3) is 5.26. The fraction of sp³-hybridized carbons (Fsp3) is 1.00. The van der Waals surface area contributed by atoms with Crippen LogP contribution in [0.4, 0.5) is 0 Å². The SMILES string of the molecule is [CH3][Al]([CH3])[CH2]I. The first-order chi connectivity index (χ1) is 2.27. The summed E-state index contributed by atoms with van der Waals surface area (Å²) in [6.07, 6.45) is 0. The average molecular weight is 198 g/mol. The van der Waals surface area contributed by atoms with Crippen molar-refractivity contribution in [3.8, 4) is 0 Å². The number of rotatable bonds is 1. The number of hydrogen-bond donors (Lipinski definition) is 0. The van der Waals surface area contributed by atoms with Crippen molar-refractivity contribution >= 4 is 36.7 Å². The molecule has 30 valence electrons. The number of alkyl halides is 1. The second-order valence-electron chi connectivity index (χ2n) is 1.55. The van der Waals surface area contributed by atoms with Crippen LogP contribution in [0.1, 0.15) is 0 Å². The molecule has 0 unspecified atom stereocenters. The van der Waals surface area contributed by atoms with Gasteiger partial charge in [0.2, 0.25) is 0 Å². The normalized spacial score (nSPS) is 7.80. The van der Waals surface area contributed by atoms with E-state index in [2.05, 4.69) is 34.2 Å². The molecule has 0 aromatic carbocycles. The lowest BCUT2D eigenvalue weighted by molar-refractivity contribution is 1.91. The molecule has 0 aliphatic carbocycles. The summed E-state index contributed by atoms with van der Waals surface area (Å²) in [4.78, 5) is 0. The predicted octanol–water partition coefficient (Wildman–Crippen LogP) is 1.72. The average Bonchev–Trinajstić information content (AvgIpc) is 1.38. The highest BCUT2D eigenvalue weighted by molar-refractivity contribution is 14.1. The maximum Gasteiger partial charge on any atom is 0.268 e. The second-order valence-corrected chi connectivity index (χ2v) is 7.29. The zero-order chi connectivity index (χ0) is 4.28. The standard InChI is InChI=1S/CH2I.2CH3.Al/c1-2;;;/h1H2;2*1H3;. The predicted molar refractivity (Wildman–Crippen MR) is 36.4 cm³/mol. The van der Waals surface area contributed by atoms with Gasteiger partial charge in [0.1, 0.15) is 0 Å². The molecule has 0 fully saturated rings. The monoisotopic (exact) mass is 198 g/mol. The summed E-state index contributed by atoms with van der Waals surface area (Å²) in [5.41, 5.74) is 0. The first-order valence-corrected chi connectivity index (χ1v) is 6.48. The van der Waals surface area contributed by atoms with Crippen LogP contribution < -0.4 is 0 Å². The Bertz CT molecular complexity index is 20.9. The highest BCUT2D eigenvalue weighted by atomic mass is 127. The molecule has 0 bridgehead atoms. The number of hydrogen-bond acceptors (Lipinski definition) is 0. The van der Waals surface area contributed by atoms with E-state index in [0.717, 1.165) is 0 Å². The lowest BCUT2D eigenvalue weighted by Crippen LogP contribution is -1.99. The third-order valence-electron chi connectivity index (χ3n) is 0.309. The molecule has 0 aromatic heterocycles. The van der Waals surface area contributed by atoms with E-state index < -0.39 is 0 Å². The molecule has 0 N–H and O–H groups in total. The van der Waals surface area contributed by atoms with Gasteiger partial charge in [0.25, 0.3) is 14.1 Å². The molecule has 0 aliphatic rings. The molecule has 0 amide bonds. The van der Waals surface area contributed by atoms with Crippen molar-refractivity contribution in [2.45, 2.75) is 11.6 Å². The maximum atomic E-state index is 2.44. The van der Waals surface area contributed by atoms with Gasteiger partial charge in [0.15, 0.2) is 0 Å². The van der Waals surface area contributed by atoms with Crippen LogP contribution in [0.3, 0.4) is 0 Å². The Morgan fingerprint density at radius 2 is 1.80 bits per heavy atom. The van der Waals surface area contributed by atoms with Gasteiger partial charge in [-0.25, -0.2) is 0 Å². The molecule has 0 rings (SSSR count). The number of halogens is 1. The van der Waals surface area contributed by atoms with Gasteiger partial charge < -0.3 is 0 Å². The van der Waals surface area contributed by atoms with Crippen LogP contribution >= 0.6 is 22.6 Å². The Morgan fingerprint density at radius 3 is 1.80 bits per heavy atom. The Kier molecular flexibility index (Phi) is 4.32. The van der Waals surface area contributed by atoms with Gasteiger partial charge in [-0.1, -0.05) is 0 Å². The molecule has 0 heterocycles. The second kappa shape index (κ2) is 3.45. The van der Waals surface area contributed by atoms with Crippen LogP contribution in [0.5, 0.6) is 0 Å². The Hall–Kier alpha value is 1.26. The van der Waals surface area contributed by atoms with E-state index >= 15 is 0 Å². The highest BCUT2D eigenvalue weighted by Gasteiger charge is 1.93. The largest absolute Gasteiger partial charge is 0.268 e. The molecule has 2 heteroatoms. The summed E-state index contributed by atoms with van der Waals surface area (Å²) in [5.74, 6) is 4.71. The third-order valence-corrected chi connectivity index (χ3v) is 6.21. The molecule has 0 atom stereocenters. The molecule has 0 aliphatic heterocycles. The van der Waals surface area contributed by atoms with E-state index in [4.69, 9.17) is 0 Å². The van der Waals surface area contributed by atoms with Crippen molar-refractivity contribution in [1.29, 1.82) is 0 Å². The summed E-state index contributed by atoms with van der Waals surface area (Å²) in [7, 11) is 0. The minimum absolute atomic E-state index is 0.163. The quantitative estimate of drug-likeness (QED) is 0.341. The Labute approximate surface area is 51.5 Å². The first kappa shape index (κ1) is 6.26. The molecule has 5 heavy (non-hydrogen) atoms. The Morgan fingerprint density at radius 1 is 1.60 bits per heavy atom. The van der Waals surface area contributed by atoms with Crippen molar-refractivity contribution in [1.82, 2.24) is 0 Å². The molecule has 0 saturated heterocycles. The van der Waals surface area contributed by atoms with Crippen molar-refractivity contribution in [3.05, 3.63) is 0 Å². The molecular weight excluding hydrogens is 190 g/mol. The molecular formula is C3H8AlI. The van der Waals surface area contributed by atoms with Crippen LogP contribution in [0.2, 0.25) is 11.6 Å². The summed E-state index contributed by atoms with van der Waals surface area (Å²) >= 11 is 2.28. The lowest BCUT2D eigenvalue weighted by atomic mass is 11.8. The minimum atomic E-state index is -0.163. The zero-order valence-corrected chi connectivity index (χ0v) is 6.97.